The summed E-state index contributed by atoms with van der Waals surface area (Å²) in [5, 5.41) is 8.94. The molecule has 5 nitrogen and oxygen atoms in total. The molecule has 0 saturated heterocycles. The van der Waals surface area contributed by atoms with E-state index in [2.05, 4.69) is 0 Å². The molecule has 0 aliphatic rings. The molecule has 100 valence electrons. The highest BCUT2D eigenvalue weighted by atomic mass is 16.5. The molecule has 1 N–H and O–H groups in total. The van der Waals surface area contributed by atoms with Gasteiger partial charge in [0, 0.05) is 24.6 Å². The number of carboxylic acid groups (broad SMARTS) is 1. The molecule has 0 radical (unpaired) electrons. The summed E-state index contributed by atoms with van der Waals surface area (Å²) in [6.07, 6.45) is 1.38. The normalized spacial score (nSPS) is 11.6. The molecule has 0 fully saturated rings. The van der Waals surface area contributed by atoms with Gasteiger partial charge >= 0.3 is 5.97 Å². The third-order valence-electron chi connectivity index (χ3n) is 2.66. The third-order valence-corrected chi connectivity index (χ3v) is 2.66. The molecule has 18 heavy (non-hydrogen) atoms. The van der Waals surface area contributed by atoms with Crippen molar-refractivity contribution in [2.24, 2.45) is 0 Å². The molecule has 0 aromatic carbocycles. The Morgan fingerprint density at radius 3 is 2.61 bits per heavy atom. The Kier molecular flexibility index (Phi) is 4.29. The lowest BCUT2D eigenvalue weighted by Gasteiger charge is -2.27. The van der Waals surface area contributed by atoms with Crippen LogP contribution in [0.2, 0.25) is 0 Å². The van der Waals surface area contributed by atoms with Crippen molar-refractivity contribution in [1.29, 1.82) is 0 Å². The van der Waals surface area contributed by atoms with Gasteiger partial charge in [-0.05, 0) is 27.7 Å². The standard InChI is InChI=1S/C13H19NO4/c1-5-18-13(3,4)8-14-7-10(12(16)17)11(15)6-9(14)2/h6-7H,5,8H2,1-4H3,(H,16,17). The number of hydrogen-bond acceptors (Lipinski definition) is 3. The fraction of sp³-hybridized carbons (Fsp3) is 0.538. The summed E-state index contributed by atoms with van der Waals surface area (Å²) < 4.78 is 7.31. The Morgan fingerprint density at radius 2 is 2.11 bits per heavy atom. The highest BCUT2D eigenvalue weighted by Gasteiger charge is 2.20. The molecule has 0 aliphatic heterocycles. The first-order valence-electron chi connectivity index (χ1n) is 5.85. The molecule has 1 aromatic heterocycles. The Balaban J connectivity index is 3.14. The van der Waals surface area contributed by atoms with E-state index in [4.69, 9.17) is 9.84 Å². The third kappa shape index (κ3) is 3.43. The van der Waals surface area contributed by atoms with E-state index in [0.717, 1.165) is 5.69 Å². The van der Waals surface area contributed by atoms with Gasteiger partial charge in [0.25, 0.3) is 0 Å². The fourth-order valence-corrected chi connectivity index (χ4v) is 1.85. The molecule has 0 spiro atoms. The Morgan fingerprint density at radius 1 is 1.50 bits per heavy atom. The molecular formula is C13H19NO4. The van der Waals surface area contributed by atoms with Crippen molar-refractivity contribution in [2.45, 2.75) is 39.8 Å². The van der Waals surface area contributed by atoms with E-state index in [1.165, 1.54) is 12.3 Å². The number of carboxylic acids is 1. The van der Waals surface area contributed by atoms with Crippen molar-refractivity contribution in [3.8, 4) is 0 Å². The number of hydrogen-bond donors (Lipinski definition) is 1. The first-order chi connectivity index (χ1) is 8.26. The van der Waals surface area contributed by atoms with Gasteiger partial charge in [0.1, 0.15) is 5.56 Å². The molecule has 0 unspecified atom stereocenters. The molecule has 0 amide bonds. The van der Waals surface area contributed by atoms with Crippen molar-refractivity contribution < 1.29 is 14.6 Å². The van der Waals surface area contributed by atoms with Gasteiger partial charge in [0.05, 0.1) is 12.1 Å². The van der Waals surface area contributed by atoms with Crippen molar-refractivity contribution in [3.05, 3.63) is 33.7 Å². The average Bonchev–Trinajstić information content (AvgIpc) is 2.21. The summed E-state index contributed by atoms with van der Waals surface area (Å²) in [6.45, 7) is 8.60. The second-order valence-electron chi connectivity index (χ2n) is 4.82. The quantitative estimate of drug-likeness (QED) is 0.866. The van der Waals surface area contributed by atoms with Gasteiger partial charge in [-0.1, -0.05) is 0 Å². The molecule has 0 saturated carbocycles. The van der Waals surface area contributed by atoms with Crippen LogP contribution in [0.25, 0.3) is 0 Å². The maximum atomic E-state index is 11.5. The summed E-state index contributed by atoms with van der Waals surface area (Å²) >= 11 is 0. The second-order valence-corrected chi connectivity index (χ2v) is 4.82. The monoisotopic (exact) mass is 253 g/mol. The van der Waals surface area contributed by atoms with E-state index < -0.39 is 17.0 Å². The first kappa shape index (κ1) is 14.4. The first-order valence-corrected chi connectivity index (χ1v) is 5.85. The minimum Gasteiger partial charge on any atom is -0.477 e. The summed E-state index contributed by atoms with van der Waals surface area (Å²) in [5.41, 5.74) is -0.374. The van der Waals surface area contributed by atoms with Crippen molar-refractivity contribution in [1.82, 2.24) is 4.57 Å². The van der Waals surface area contributed by atoms with E-state index in [9.17, 15) is 9.59 Å². The zero-order chi connectivity index (χ0) is 13.9. The lowest BCUT2D eigenvalue weighted by Crippen LogP contribution is -2.32. The number of aromatic carboxylic acids is 1. The fourth-order valence-electron chi connectivity index (χ4n) is 1.85. The SMILES string of the molecule is CCOC(C)(C)Cn1cc(C(=O)O)c(=O)cc1C. The number of carbonyl (C=O) groups is 1. The average molecular weight is 253 g/mol. The minimum absolute atomic E-state index is 0.215. The summed E-state index contributed by atoms with van der Waals surface area (Å²) in [7, 11) is 0. The Labute approximate surface area is 106 Å². The van der Waals surface area contributed by atoms with Gasteiger partial charge in [-0.15, -0.1) is 0 Å². The number of aryl methyl sites for hydroxylation is 1. The molecule has 1 heterocycles. The predicted octanol–water partition coefficient (Wildman–Crippen LogP) is 1.67. The number of ether oxygens (including phenoxy) is 1. The van der Waals surface area contributed by atoms with Crippen LogP contribution in [0.3, 0.4) is 0 Å². The topological polar surface area (TPSA) is 68.5 Å². The van der Waals surface area contributed by atoms with E-state index in [-0.39, 0.29) is 5.56 Å². The highest BCUT2D eigenvalue weighted by molar-refractivity contribution is 5.87. The molecule has 1 aromatic rings. The van der Waals surface area contributed by atoms with Crippen LogP contribution in [-0.2, 0) is 11.3 Å². The van der Waals surface area contributed by atoms with E-state index in [1.807, 2.05) is 20.8 Å². The number of pyridine rings is 1. The van der Waals surface area contributed by atoms with Crippen LogP contribution in [0, 0.1) is 6.92 Å². The van der Waals surface area contributed by atoms with Crippen molar-refractivity contribution in [3.63, 3.8) is 0 Å². The maximum absolute atomic E-state index is 11.5. The highest BCUT2D eigenvalue weighted by Crippen LogP contribution is 2.14. The van der Waals surface area contributed by atoms with Crippen molar-refractivity contribution >= 4 is 5.97 Å². The predicted molar refractivity (Wildman–Crippen MR) is 68.1 cm³/mol. The largest absolute Gasteiger partial charge is 0.477 e. The second kappa shape index (κ2) is 5.35. The number of rotatable bonds is 5. The van der Waals surface area contributed by atoms with Crippen LogP contribution < -0.4 is 5.43 Å². The van der Waals surface area contributed by atoms with Crippen molar-refractivity contribution in [2.75, 3.05) is 6.61 Å². The van der Waals surface area contributed by atoms with Gasteiger partial charge in [0.2, 0.25) is 0 Å². The smallest absolute Gasteiger partial charge is 0.341 e. The zero-order valence-corrected chi connectivity index (χ0v) is 11.2. The van der Waals surface area contributed by atoms with E-state index in [0.29, 0.717) is 13.2 Å². The summed E-state index contributed by atoms with van der Waals surface area (Å²) in [4.78, 5) is 22.4. The Bertz CT molecular complexity index is 502. The van der Waals surface area contributed by atoms with Crippen LogP contribution in [0.4, 0.5) is 0 Å². The maximum Gasteiger partial charge on any atom is 0.341 e. The molecular weight excluding hydrogens is 234 g/mol. The van der Waals surface area contributed by atoms with Crippen LogP contribution in [0.1, 0.15) is 36.8 Å². The minimum atomic E-state index is -1.21. The molecule has 0 aliphatic carbocycles. The van der Waals surface area contributed by atoms with Gasteiger partial charge in [-0.3, -0.25) is 4.79 Å². The lowest BCUT2D eigenvalue weighted by atomic mass is 10.1. The van der Waals surface area contributed by atoms with Crippen LogP contribution >= 0.6 is 0 Å². The lowest BCUT2D eigenvalue weighted by molar-refractivity contribution is -0.0229. The number of nitrogens with zero attached hydrogens (tertiary/aromatic N) is 1. The zero-order valence-electron chi connectivity index (χ0n) is 11.2. The molecule has 0 atom stereocenters. The van der Waals surface area contributed by atoms with E-state index in [1.54, 1.807) is 11.5 Å². The molecule has 0 bridgehead atoms. The van der Waals surface area contributed by atoms with Gasteiger partial charge < -0.3 is 14.4 Å². The van der Waals surface area contributed by atoms with Crippen LogP contribution in [-0.4, -0.2) is 27.9 Å². The summed E-state index contributed by atoms with van der Waals surface area (Å²) in [6, 6.07) is 1.34. The molecule has 5 heteroatoms. The van der Waals surface area contributed by atoms with E-state index >= 15 is 0 Å². The van der Waals surface area contributed by atoms with Crippen LogP contribution in [0.15, 0.2) is 17.1 Å². The number of aromatic nitrogens is 1. The van der Waals surface area contributed by atoms with Gasteiger partial charge in [0.15, 0.2) is 5.43 Å². The summed E-state index contributed by atoms with van der Waals surface area (Å²) in [5.74, 6) is -1.21. The van der Waals surface area contributed by atoms with Gasteiger partial charge in [-0.25, -0.2) is 4.79 Å². The molecule has 1 rings (SSSR count). The van der Waals surface area contributed by atoms with Gasteiger partial charge in [-0.2, -0.15) is 0 Å². The Hall–Kier alpha value is -1.62. The van der Waals surface area contributed by atoms with Crippen LogP contribution in [0.5, 0.6) is 0 Å².